The van der Waals surface area contributed by atoms with Crippen LogP contribution >= 0.6 is 0 Å². The zero-order chi connectivity index (χ0) is 27.6. The van der Waals surface area contributed by atoms with Crippen molar-refractivity contribution in [3.63, 3.8) is 0 Å². The first kappa shape index (κ1) is 26.6. The van der Waals surface area contributed by atoms with Crippen molar-refractivity contribution in [2.24, 2.45) is 5.84 Å². The van der Waals surface area contributed by atoms with E-state index >= 15 is 0 Å². The molecule has 12 nitrogen and oxygen atoms in total. The molecule has 0 spiro atoms. The predicted octanol–water partition coefficient (Wildman–Crippen LogP) is 1.97. The molecule has 1 aromatic carbocycles. The first-order chi connectivity index (χ1) is 18.0. The van der Waals surface area contributed by atoms with Crippen LogP contribution in [0.15, 0.2) is 30.7 Å². The van der Waals surface area contributed by atoms with E-state index in [0.29, 0.717) is 33.7 Å². The van der Waals surface area contributed by atoms with Crippen LogP contribution in [0.5, 0.6) is 11.5 Å². The van der Waals surface area contributed by atoms with Gasteiger partial charge in [-0.15, -0.1) is 0 Å². The van der Waals surface area contributed by atoms with E-state index in [1.54, 1.807) is 59.4 Å². The molecular weight excluding hydrogens is 490 g/mol. The number of benzene rings is 1. The lowest BCUT2D eigenvalue weighted by Crippen LogP contribution is -2.49. The molecule has 2 atom stereocenters. The molecule has 2 unspecified atom stereocenters. The van der Waals surface area contributed by atoms with Gasteiger partial charge in [-0.2, -0.15) is 0 Å². The molecule has 1 aliphatic rings. The Balaban J connectivity index is 1.75. The number of carbonyl (C=O) groups is 2. The fourth-order valence-corrected chi connectivity index (χ4v) is 4.38. The van der Waals surface area contributed by atoms with Crippen molar-refractivity contribution >= 4 is 28.9 Å². The number of fused-ring (bicyclic) bond motifs is 1. The number of anilines is 1. The lowest BCUT2D eigenvalue weighted by atomic mass is 10.1. The number of nitrogen functional groups attached to an aromatic ring is 1. The summed E-state index contributed by atoms with van der Waals surface area (Å²) in [6.07, 6.45) is 2.85. The van der Waals surface area contributed by atoms with E-state index in [1.807, 2.05) is 4.57 Å². The monoisotopic (exact) mass is 521 g/mol. The first-order valence-corrected chi connectivity index (χ1v) is 11.9. The number of nitrogens with two attached hydrogens (primary N) is 2. The molecule has 2 amide bonds. The minimum atomic E-state index is -0.824. The summed E-state index contributed by atoms with van der Waals surface area (Å²) < 4.78 is 18.1. The minimum absolute atomic E-state index is 0.195. The Morgan fingerprint density at radius 2 is 1.79 bits per heavy atom. The number of hydrazine groups is 1. The van der Waals surface area contributed by atoms with E-state index in [9.17, 15) is 9.59 Å². The van der Waals surface area contributed by atoms with Crippen LogP contribution in [0, 0.1) is 11.8 Å². The topological polar surface area (TPSA) is 160 Å². The molecule has 0 aliphatic carbocycles. The zero-order valence-corrected chi connectivity index (χ0v) is 21.9. The lowest BCUT2D eigenvalue weighted by Gasteiger charge is -2.27. The number of likely N-dealkylation sites (tertiary alicyclic amines) is 1. The lowest BCUT2D eigenvalue weighted by molar-refractivity contribution is -0.125. The third-order valence-corrected chi connectivity index (χ3v) is 6.08. The fraction of sp³-hybridized carbons (Fsp3) is 0.385. The van der Waals surface area contributed by atoms with Gasteiger partial charge in [0.25, 0.3) is 5.91 Å². The summed E-state index contributed by atoms with van der Waals surface area (Å²) in [6.45, 7) is 5.48. The molecule has 0 bridgehead atoms. The van der Waals surface area contributed by atoms with E-state index in [-0.39, 0.29) is 24.8 Å². The van der Waals surface area contributed by atoms with Crippen molar-refractivity contribution in [1.82, 2.24) is 24.9 Å². The third-order valence-electron chi connectivity index (χ3n) is 6.08. The van der Waals surface area contributed by atoms with Crippen molar-refractivity contribution in [3.8, 4) is 23.3 Å². The largest absolute Gasteiger partial charge is 0.497 e. The van der Waals surface area contributed by atoms with Crippen molar-refractivity contribution in [2.45, 2.75) is 44.9 Å². The van der Waals surface area contributed by atoms with Crippen LogP contribution in [-0.2, 0) is 9.53 Å². The predicted molar refractivity (Wildman–Crippen MR) is 140 cm³/mol. The van der Waals surface area contributed by atoms with Crippen molar-refractivity contribution in [1.29, 1.82) is 0 Å². The molecule has 1 aliphatic heterocycles. The number of aromatic nitrogens is 3. The second-order valence-electron chi connectivity index (χ2n) is 9.81. The van der Waals surface area contributed by atoms with Gasteiger partial charge in [0.05, 0.1) is 31.2 Å². The Hall–Kier alpha value is -4.50. The van der Waals surface area contributed by atoms with Gasteiger partial charge in [0.2, 0.25) is 0 Å². The molecule has 3 heterocycles. The van der Waals surface area contributed by atoms with Crippen LogP contribution in [-0.4, -0.2) is 63.8 Å². The van der Waals surface area contributed by atoms with Crippen LogP contribution in [0.25, 0.3) is 11.0 Å². The van der Waals surface area contributed by atoms with Gasteiger partial charge in [-0.05, 0) is 39.3 Å². The highest BCUT2D eigenvalue weighted by Gasteiger charge is 2.42. The van der Waals surface area contributed by atoms with Gasteiger partial charge in [0.1, 0.15) is 40.9 Å². The minimum Gasteiger partial charge on any atom is -0.497 e. The molecule has 1 fully saturated rings. The second kappa shape index (κ2) is 10.5. The van der Waals surface area contributed by atoms with Gasteiger partial charge in [-0.3, -0.25) is 15.1 Å². The second-order valence-corrected chi connectivity index (χ2v) is 9.81. The van der Waals surface area contributed by atoms with Gasteiger partial charge in [0.15, 0.2) is 0 Å². The Morgan fingerprint density at radius 1 is 1.11 bits per heavy atom. The van der Waals surface area contributed by atoms with Gasteiger partial charge >= 0.3 is 6.09 Å². The molecular formula is C26H31N7O5. The van der Waals surface area contributed by atoms with Gasteiger partial charge in [-0.1, -0.05) is 11.8 Å². The molecule has 12 heteroatoms. The maximum absolute atomic E-state index is 12.9. The number of carbonyl (C=O) groups excluding carboxylic acids is 2. The smallest absolute Gasteiger partial charge is 0.411 e. The molecule has 38 heavy (non-hydrogen) atoms. The van der Waals surface area contributed by atoms with Crippen LogP contribution in [0.3, 0.4) is 0 Å². The highest BCUT2D eigenvalue weighted by atomic mass is 16.6. The average molecular weight is 522 g/mol. The number of nitrogens with zero attached hydrogens (tertiary/aromatic N) is 4. The summed E-state index contributed by atoms with van der Waals surface area (Å²) >= 11 is 0. The van der Waals surface area contributed by atoms with Crippen LogP contribution in [0.1, 0.15) is 44.4 Å². The van der Waals surface area contributed by atoms with E-state index in [1.165, 1.54) is 11.2 Å². The molecule has 200 valence electrons. The SMILES string of the molecule is COc1cc(C#Cc2cn(C3CC(C(=O)NN)N(C(=O)OC(C)(C)C)C3)c3ncnc(N)c23)cc(OC)c1. The highest BCUT2D eigenvalue weighted by Crippen LogP contribution is 2.34. The number of hydrogen-bond donors (Lipinski definition) is 3. The zero-order valence-electron chi connectivity index (χ0n) is 21.9. The van der Waals surface area contributed by atoms with E-state index in [2.05, 4.69) is 27.2 Å². The maximum Gasteiger partial charge on any atom is 0.411 e. The summed E-state index contributed by atoms with van der Waals surface area (Å²) in [4.78, 5) is 35.5. The van der Waals surface area contributed by atoms with Crippen molar-refractivity contribution in [3.05, 3.63) is 41.9 Å². The Labute approximate surface area is 220 Å². The summed E-state index contributed by atoms with van der Waals surface area (Å²) in [5.74, 6) is 12.7. The molecule has 0 saturated carbocycles. The molecule has 2 aromatic heterocycles. The van der Waals surface area contributed by atoms with Gasteiger partial charge in [0, 0.05) is 24.4 Å². The highest BCUT2D eigenvalue weighted by molar-refractivity contribution is 5.93. The molecule has 0 radical (unpaired) electrons. The summed E-state index contributed by atoms with van der Waals surface area (Å²) in [5.41, 5.74) is 9.46. The van der Waals surface area contributed by atoms with Gasteiger partial charge < -0.3 is 24.5 Å². The number of rotatable bonds is 4. The summed E-state index contributed by atoms with van der Waals surface area (Å²) in [6, 6.07) is 4.19. The Kier molecular flexibility index (Phi) is 7.32. The van der Waals surface area contributed by atoms with Crippen molar-refractivity contribution in [2.75, 3.05) is 26.5 Å². The maximum atomic E-state index is 12.9. The fourth-order valence-electron chi connectivity index (χ4n) is 4.38. The number of amides is 2. The van der Waals surface area contributed by atoms with E-state index in [4.69, 9.17) is 25.8 Å². The van der Waals surface area contributed by atoms with Gasteiger partial charge in [-0.25, -0.2) is 20.6 Å². The quantitative estimate of drug-likeness (QED) is 0.202. The average Bonchev–Trinajstić information content (AvgIpc) is 3.48. The summed E-state index contributed by atoms with van der Waals surface area (Å²) in [7, 11) is 3.13. The Morgan fingerprint density at radius 3 is 2.39 bits per heavy atom. The summed E-state index contributed by atoms with van der Waals surface area (Å²) in [5, 5.41) is 0.574. The van der Waals surface area contributed by atoms with E-state index < -0.39 is 23.6 Å². The van der Waals surface area contributed by atoms with Crippen molar-refractivity contribution < 1.29 is 23.8 Å². The van der Waals surface area contributed by atoms with Crippen LogP contribution in [0.4, 0.5) is 10.6 Å². The number of methoxy groups -OCH3 is 2. The molecule has 5 N–H and O–H groups in total. The van der Waals surface area contributed by atoms with Crippen LogP contribution in [0.2, 0.25) is 0 Å². The van der Waals surface area contributed by atoms with E-state index in [0.717, 1.165) is 0 Å². The third kappa shape index (κ3) is 5.42. The number of hydrogen-bond acceptors (Lipinski definition) is 9. The number of ether oxygens (including phenoxy) is 3. The molecule has 4 rings (SSSR count). The standard InChI is InChI=1S/C26H31N7O5/c1-26(2,3)38-25(35)33-13-17(10-20(33)24(34)31-28)32-12-16(21-22(27)29-14-30-23(21)32)7-6-15-8-18(36-4)11-19(9-15)37-5/h8-9,11-12,14,17,20H,10,13,28H2,1-5H3,(H,31,34)(H2,27,29,30). The normalized spacial score (nSPS) is 17.1. The van der Waals surface area contributed by atoms with Crippen LogP contribution < -0.4 is 26.5 Å². The Bertz CT molecular complexity index is 1410. The first-order valence-electron chi connectivity index (χ1n) is 11.9. The molecule has 3 aromatic rings. The molecule has 1 saturated heterocycles. The number of nitrogens with one attached hydrogen (secondary N) is 1.